The van der Waals surface area contributed by atoms with Gasteiger partial charge in [0.05, 0.1) is 0 Å². The first kappa shape index (κ1) is 17.5. The molecule has 5 heteroatoms. The fourth-order valence-corrected chi connectivity index (χ4v) is 6.12. The Hall–Kier alpha value is -2.56. The Balaban J connectivity index is 1.32. The molecule has 4 bridgehead atoms. The van der Waals surface area contributed by atoms with E-state index in [1.807, 2.05) is 37.3 Å². The molecule has 2 atom stereocenters. The van der Waals surface area contributed by atoms with Crippen LogP contribution in [0.5, 0.6) is 0 Å². The molecular formula is C23H26N2O3. The number of hydrogen-bond acceptors (Lipinski definition) is 3. The lowest BCUT2D eigenvalue weighted by Crippen LogP contribution is -2.62. The highest BCUT2D eigenvalue weighted by atomic mass is 16.3. The summed E-state index contributed by atoms with van der Waals surface area (Å²) in [6, 6.07) is 11.8. The van der Waals surface area contributed by atoms with Crippen LogP contribution in [0.3, 0.4) is 0 Å². The van der Waals surface area contributed by atoms with Crippen molar-refractivity contribution in [1.82, 2.24) is 5.32 Å². The number of furan rings is 1. The van der Waals surface area contributed by atoms with Crippen molar-refractivity contribution in [3.8, 4) is 11.3 Å². The minimum atomic E-state index is -0.332. The molecule has 0 aliphatic heterocycles. The Morgan fingerprint density at radius 1 is 1.04 bits per heavy atom. The first-order valence-corrected chi connectivity index (χ1v) is 10.2. The molecule has 3 N–H and O–H groups in total. The second-order valence-electron chi connectivity index (χ2n) is 9.14. The number of nitrogens with two attached hydrogens (primary N) is 1. The Bertz CT molecular complexity index is 914. The number of benzene rings is 1. The lowest BCUT2D eigenvalue weighted by Gasteiger charge is -2.58. The van der Waals surface area contributed by atoms with Gasteiger partial charge < -0.3 is 15.5 Å². The molecule has 2 unspecified atom stereocenters. The van der Waals surface area contributed by atoms with Crippen molar-refractivity contribution in [2.75, 3.05) is 0 Å². The molecule has 2 aromatic rings. The molecule has 2 amide bonds. The maximum atomic E-state index is 12.9. The minimum Gasteiger partial charge on any atom is -0.451 e. The topological polar surface area (TPSA) is 85.3 Å². The van der Waals surface area contributed by atoms with E-state index in [0.717, 1.165) is 37.7 Å². The number of amides is 2. The van der Waals surface area contributed by atoms with Gasteiger partial charge in [-0.1, -0.05) is 29.8 Å². The summed E-state index contributed by atoms with van der Waals surface area (Å²) >= 11 is 0. The predicted molar refractivity (Wildman–Crippen MR) is 105 cm³/mol. The molecule has 0 saturated heterocycles. The molecule has 4 aliphatic carbocycles. The van der Waals surface area contributed by atoms with Crippen LogP contribution in [0.2, 0.25) is 0 Å². The fraction of sp³-hybridized carbons (Fsp3) is 0.478. The van der Waals surface area contributed by atoms with Crippen molar-refractivity contribution >= 4 is 11.8 Å². The molecule has 1 aromatic carbocycles. The van der Waals surface area contributed by atoms with Gasteiger partial charge in [-0.15, -0.1) is 0 Å². The highest BCUT2D eigenvalue weighted by molar-refractivity contribution is 5.92. The third-order valence-electron chi connectivity index (χ3n) is 7.26. The molecule has 4 fully saturated rings. The number of nitrogens with one attached hydrogen (secondary N) is 1. The van der Waals surface area contributed by atoms with E-state index in [1.54, 1.807) is 6.07 Å². The molecule has 0 radical (unpaired) electrons. The summed E-state index contributed by atoms with van der Waals surface area (Å²) in [5.41, 5.74) is 7.57. The van der Waals surface area contributed by atoms with Crippen LogP contribution in [0.15, 0.2) is 40.8 Å². The number of carbonyl (C=O) groups excluding carboxylic acids is 2. The van der Waals surface area contributed by atoms with Crippen molar-refractivity contribution in [2.45, 2.75) is 45.1 Å². The highest BCUT2D eigenvalue weighted by Crippen LogP contribution is 2.59. The van der Waals surface area contributed by atoms with Crippen LogP contribution < -0.4 is 11.1 Å². The first-order chi connectivity index (χ1) is 13.4. The summed E-state index contributed by atoms with van der Waals surface area (Å²) in [4.78, 5) is 24.9. The van der Waals surface area contributed by atoms with E-state index in [9.17, 15) is 9.59 Å². The summed E-state index contributed by atoms with van der Waals surface area (Å²) in [6.07, 6.45) is 4.74. The zero-order valence-corrected chi connectivity index (χ0v) is 16.1. The van der Waals surface area contributed by atoms with Gasteiger partial charge in [0.1, 0.15) is 5.76 Å². The van der Waals surface area contributed by atoms with Gasteiger partial charge in [0, 0.05) is 17.0 Å². The predicted octanol–water partition coefficient (Wildman–Crippen LogP) is 3.67. The zero-order valence-electron chi connectivity index (χ0n) is 16.1. The van der Waals surface area contributed by atoms with E-state index in [0.29, 0.717) is 29.3 Å². The molecule has 1 aromatic heterocycles. The Morgan fingerprint density at radius 2 is 1.71 bits per heavy atom. The van der Waals surface area contributed by atoms with Crippen molar-refractivity contribution in [3.63, 3.8) is 0 Å². The molecule has 6 rings (SSSR count). The van der Waals surface area contributed by atoms with Crippen LogP contribution in [0.1, 0.15) is 48.2 Å². The number of rotatable bonds is 4. The molecule has 146 valence electrons. The lowest BCUT2D eigenvalue weighted by molar-refractivity contribution is -0.145. The molecule has 0 spiro atoms. The Kier molecular flexibility index (Phi) is 3.90. The standard InChI is InChI=1S/C23H26N2O3/c1-13-2-4-15(5-3-13)18-6-7-19(28-18)21(26)25-20-16-8-14-9-17(20)12-23(10-14,11-16)22(24)27/h2-7,14,16-17,20H,8-12H2,1H3,(H2,24,27)(H,25,26). The van der Waals surface area contributed by atoms with Crippen LogP contribution >= 0.6 is 0 Å². The average molecular weight is 378 g/mol. The van der Waals surface area contributed by atoms with Gasteiger partial charge in [0.15, 0.2) is 5.76 Å². The third-order valence-corrected chi connectivity index (χ3v) is 7.26. The van der Waals surface area contributed by atoms with Crippen molar-refractivity contribution in [1.29, 1.82) is 0 Å². The maximum absolute atomic E-state index is 12.9. The first-order valence-electron chi connectivity index (χ1n) is 10.2. The minimum absolute atomic E-state index is 0.115. The van der Waals surface area contributed by atoms with Crippen LogP contribution in [-0.4, -0.2) is 17.9 Å². The fourth-order valence-electron chi connectivity index (χ4n) is 6.12. The van der Waals surface area contributed by atoms with Gasteiger partial charge in [-0.05, 0) is 68.9 Å². The molecule has 1 heterocycles. The summed E-state index contributed by atoms with van der Waals surface area (Å²) in [5, 5.41) is 3.22. The van der Waals surface area contributed by atoms with Gasteiger partial charge in [-0.3, -0.25) is 9.59 Å². The quantitative estimate of drug-likeness (QED) is 0.851. The Morgan fingerprint density at radius 3 is 2.36 bits per heavy atom. The highest BCUT2D eigenvalue weighted by Gasteiger charge is 2.58. The van der Waals surface area contributed by atoms with Gasteiger partial charge in [0.2, 0.25) is 5.91 Å². The van der Waals surface area contributed by atoms with Crippen molar-refractivity contribution in [3.05, 3.63) is 47.7 Å². The van der Waals surface area contributed by atoms with Crippen LogP contribution in [-0.2, 0) is 4.79 Å². The smallest absolute Gasteiger partial charge is 0.287 e. The molecular weight excluding hydrogens is 352 g/mol. The number of primary amides is 1. The molecule has 4 saturated carbocycles. The van der Waals surface area contributed by atoms with Gasteiger partial charge >= 0.3 is 0 Å². The maximum Gasteiger partial charge on any atom is 0.287 e. The lowest BCUT2D eigenvalue weighted by atomic mass is 9.47. The molecule has 28 heavy (non-hydrogen) atoms. The van der Waals surface area contributed by atoms with Gasteiger partial charge in [-0.2, -0.15) is 0 Å². The van der Waals surface area contributed by atoms with Crippen LogP contribution in [0.4, 0.5) is 0 Å². The number of aryl methyl sites for hydroxylation is 1. The van der Waals surface area contributed by atoms with E-state index in [-0.39, 0.29) is 23.3 Å². The van der Waals surface area contributed by atoms with Crippen molar-refractivity contribution < 1.29 is 14.0 Å². The van der Waals surface area contributed by atoms with E-state index >= 15 is 0 Å². The van der Waals surface area contributed by atoms with Gasteiger partial charge in [0.25, 0.3) is 5.91 Å². The summed E-state index contributed by atoms with van der Waals surface area (Å²) in [6.45, 7) is 2.04. The largest absolute Gasteiger partial charge is 0.451 e. The summed E-state index contributed by atoms with van der Waals surface area (Å²) < 4.78 is 5.84. The van der Waals surface area contributed by atoms with Gasteiger partial charge in [-0.25, -0.2) is 0 Å². The number of carbonyl (C=O) groups is 2. The summed E-state index contributed by atoms with van der Waals surface area (Å²) in [5.74, 6) is 1.99. The molecule has 4 aliphatic rings. The van der Waals surface area contributed by atoms with Crippen molar-refractivity contribution in [2.24, 2.45) is 28.9 Å². The monoisotopic (exact) mass is 378 g/mol. The number of hydrogen-bond donors (Lipinski definition) is 2. The van der Waals surface area contributed by atoms with Crippen LogP contribution in [0, 0.1) is 30.1 Å². The molecule has 5 nitrogen and oxygen atoms in total. The Labute approximate surface area is 164 Å². The second kappa shape index (κ2) is 6.23. The van der Waals surface area contributed by atoms with Crippen LogP contribution in [0.25, 0.3) is 11.3 Å². The summed E-state index contributed by atoms with van der Waals surface area (Å²) in [7, 11) is 0. The van der Waals surface area contributed by atoms with E-state index in [2.05, 4.69) is 5.32 Å². The van der Waals surface area contributed by atoms with E-state index in [4.69, 9.17) is 10.2 Å². The third kappa shape index (κ3) is 2.76. The van der Waals surface area contributed by atoms with E-state index < -0.39 is 0 Å². The average Bonchev–Trinajstić information content (AvgIpc) is 3.15. The second-order valence-corrected chi connectivity index (χ2v) is 9.14. The zero-order chi connectivity index (χ0) is 19.5. The SMILES string of the molecule is Cc1ccc(-c2ccc(C(=O)NC3C4CC5CC3CC(C(N)=O)(C5)C4)o2)cc1. The van der Waals surface area contributed by atoms with E-state index in [1.165, 1.54) is 5.56 Å². The normalized spacial score (nSPS) is 33.0.